The Bertz CT molecular complexity index is 962. The fourth-order valence-corrected chi connectivity index (χ4v) is 2.67. The van der Waals surface area contributed by atoms with Crippen molar-refractivity contribution >= 4 is 39.6 Å². The Balaban J connectivity index is 2.06. The van der Waals surface area contributed by atoms with Crippen LogP contribution in [0.2, 0.25) is 5.02 Å². The van der Waals surface area contributed by atoms with Gasteiger partial charge >= 0.3 is 0 Å². The normalized spacial score (nSPS) is 10.5. The number of nitro groups is 1. The molecule has 25 heavy (non-hydrogen) atoms. The molecule has 1 heterocycles. The molecule has 128 valence electrons. The Morgan fingerprint density at radius 3 is 2.44 bits per heavy atom. The van der Waals surface area contributed by atoms with Gasteiger partial charge in [0, 0.05) is 35.5 Å². The van der Waals surface area contributed by atoms with Gasteiger partial charge in [0.2, 0.25) is 0 Å². The van der Waals surface area contributed by atoms with Crippen molar-refractivity contribution in [2.75, 3.05) is 19.5 Å². The summed E-state index contributed by atoms with van der Waals surface area (Å²) in [6.45, 7) is 0. The van der Waals surface area contributed by atoms with E-state index in [1.807, 2.05) is 6.07 Å². The quantitative estimate of drug-likeness (QED) is 0.531. The Hall–Kier alpha value is -3.06. The smallest absolute Gasteiger partial charge is 0.271 e. The SMILES string of the molecule is COc1cc2nccc(Nc3ccc([N+](=O)[O-])cc3Cl)c2cc1OC. The molecule has 0 saturated heterocycles. The lowest BCUT2D eigenvalue weighted by Gasteiger charge is -2.13. The number of methoxy groups -OCH3 is 2. The van der Waals surface area contributed by atoms with Crippen LogP contribution in [-0.2, 0) is 0 Å². The molecule has 0 radical (unpaired) electrons. The Morgan fingerprint density at radius 2 is 1.80 bits per heavy atom. The summed E-state index contributed by atoms with van der Waals surface area (Å²) in [5.41, 5.74) is 1.93. The number of non-ortho nitro benzene ring substituents is 1. The second-order valence-electron chi connectivity index (χ2n) is 5.13. The predicted octanol–water partition coefficient (Wildman–Crippen LogP) is 4.56. The third-order valence-corrected chi connectivity index (χ3v) is 3.99. The monoisotopic (exact) mass is 359 g/mol. The molecule has 2 aromatic carbocycles. The molecule has 8 heteroatoms. The van der Waals surface area contributed by atoms with Gasteiger partial charge in [-0.05, 0) is 18.2 Å². The van der Waals surface area contributed by atoms with Crippen molar-refractivity contribution in [3.8, 4) is 11.5 Å². The molecule has 0 aliphatic heterocycles. The summed E-state index contributed by atoms with van der Waals surface area (Å²) in [6, 6.07) is 9.62. The van der Waals surface area contributed by atoms with Crippen LogP contribution in [0.5, 0.6) is 11.5 Å². The van der Waals surface area contributed by atoms with Crippen LogP contribution in [0.3, 0.4) is 0 Å². The van der Waals surface area contributed by atoms with E-state index >= 15 is 0 Å². The maximum atomic E-state index is 10.8. The molecule has 3 rings (SSSR count). The zero-order valence-electron chi connectivity index (χ0n) is 13.4. The molecule has 0 saturated carbocycles. The molecule has 0 spiro atoms. The minimum absolute atomic E-state index is 0.0680. The highest BCUT2D eigenvalue weighted by molar-refractivity contribution is 6.33. The van der Waals surface area contributed by atoms with Gasteiger partial charge in [0.1, 0.15) is 0 Å². The molecule has 0 bridgehead atoms. The zero-order valence-corrected chi connectivity index (χ0v) is 14.2. The number of ether oxygens (including phenoxy) is 2. The van der Waals surface area contributed by atoms with E-state index in [-0.39, 0.29) is 10.7 Å². The van der Waals surface area contributed by atoms with Gasteiger partial charge in [0.15, 0.2) is 11.5 Å². The van der Waals surface area contributed by atoms with E-state index < -0.39 is 4.92 Å². The van der Waals surface area contributed by atoms with Gasteiger partial charge in [0.25, 0.3) is 5.69 Å². The van der Waals surface area contributed by atoms with Crippen molar-refractivity contribution < 1.29 is 14.4 Å². The van der Waals surface area contributed by atoms with E-state index in [9.17, 15) is 10.1 Å². The maximum Gasteiger partial charge on any atom is 0.271 e. The van der Waals surface area contributed by atoms with Crippen LogP contribution in [-0.4, -0.2) is 24.1 Å². The molecular formula is C17H14ClN3O4. The number of pyridine rings is 1. The summed E-state index contributed by atoms with van der Waals surface area (Å²) in [5.74, 6) is 1.15. The average Bonchev–Trinajstić information content (AvgIpc) is 2.62. The number of fused-ring (bicyclic) bond motifs is 1. The maximum absolute atomic E-state index is 10.8. The molecule has 0 fully saturated rings. The van der Waals surface area contributed by atoms with Crippen molar-refractivity contribution in [2.45, 2.75) is 0 Å². The second kappa shape index (κ2) is 6.82. The summed E-state index contributed by atoms with van der Waals surface area (Å²) in [5, 5.41) is 15.1. The Kier molecular flexibility index (Phi) is 4.58. The number of halogens is 1. The number of hydrogen-bond acceptors (Lipinski definition) is 6. The summed E-state index contributed by atoms with van der Waals surface area (Å²) >= 11 is 6.15. The van der Waals surface area contributed by atoms with Crippen molar-refractivity contribution in [2.24, 2.45) is 0 Å². The fourth-order valence-electron chi connectivity index (χ4n) is 2.45. The summed E-state index contributed by atoms with van der Waals surface area (Å²) in [6.07, 6.45) is 1.65. The van der Waals surface area contributed by atoms with Gasteiger partial charge in [-0.25, -0.2) is 0 Å². The molecule has 0 unspecified atom stereocenters. The minimum Gasteiger partial charge on any atom is -0.493 e. The van der Waals surface area contributed by atoms with E-state index in [0.717, 1.165) is 11.1 Å². The van der Waals surface area contributed by atoms with Crippen LogP contribution < -0.4 is 14.8 Å². The average molecular weight is 360 g/mol. The first kappa shape index (κ1) is 16.8. The third-order valence-electron chi connectivity index (χ3n) is 3.68. The molecule has 7 nitrogen and oxygen atoms in total. The van der Waals surface area contributed by atoms with Crippen molar-refractivity contribution in [1.82, 2.24) is 4.98 Å². The van der Waals surface area contributed by atoms with Gasteiger partial charge < -0.3 is 14.8 Å². The highest BCUT2D eigenvalue weighted by Crippen LogP contribution is 2.36. The van der Waals surface area contributed by atoms with Gasteiger partial charge in [-0.3, -0.25) is 15.1 Å². The molecule has 1 N–H and O–H groups in total. The standard InChI is InChI=1S/C17H14ClN3O4/c1-24-16-8-11-13(5-6-19-15(11)9-17(16)25-2)20-14-4-3-10(21(22)23)7-12(14)18/h3-9H,1-2H3,(H,19,20). The first-order valence-corrected chi connectivity index (χ1v) is 7.63. The number of nitro benzene ring substituents is 1. The highest BCUT2D eigenvalue weighted by atomic mass is 35.5. The lowest BCUT2D eigenvalue weighted by molar-refractivity contribution is -0.384. The van der Waals surface area contributed by atoms with Crippen LogP contribution >= 0.6 is 11.6 Å². The molecule has 1 aromatic heterocycles. The molecule has 0 aliphatic carbocycles. The van der Waals surface area contributed by atoms with Crippen molar-refractivity contribution in [3.63, 3.8) is 0 Å². The van der Waals surface area contributed by atoms with Gasteiger partial charge in [0.05, 0.1) is 35.4 Å². The van der Waals surface area contributed by atoms with Gasteiger partial charge in [-0.2, -0.15) is 0 Å². The number of aromatic nitrogens is 1. The van der Waals surface area contributed by atoms with Gasteiger partial charge in [-0.15, -0.1) is 0 Å². The van der Waals surface area contributed by atoms with E-state index in [1.54, 1.807) is 38.6 Å². The predicted molar refractivity (Wildman–Crippen MR) is 96.2 cm³/mol. The summed E-state index contributed by atoms with van der Waals surface area (Å²) in [7, 11) is 3.11. The number of hydrogen-bond donors (Lipinski definition) is 1. The number of nitrogens with one attached hydrogen (secondary N) is 1. The van der Waals surface area contributed by atoms with E-state index in [4.69, 9.17) is 21.1 Å². The Labute approximate surface area is 148 Å². The first-order chi connectivity index (χ1) is 12.0. The van der Waals surface area contributed by atoms with E-state index in [1.165, 1.54) is 12.1 Å². The molecule has 0 amide bonds. The molecule has 3 aromatic rings. The van der Waals surface area contributed by atoms with Gasteiger partial charge in [-0.1, -0.05) is 11.6 Å². The fraction of sp³-hybridized carbons (Fsp3) is 0.118. The van der Waals surface area contributed by atoms with Crippen LogP contribution in [0.1, 0.15) is 0 Å². The summed E-state index contributed by atoms with van der Waals surface area (Å²) < 4.78 is 10.6. The Morgan fingerprint density at radius 1 is 1.08 bits per heavy atom. The molecule has 0 aliphatic rings. The highest BCUT2D eigenvalue weighted by Gasteiger charge is 2.13. The van der Waals surface area contributed by atoms with Crippen LogP contribution in [0.4, 0.5) is 17.1 Å². The number of benzene rings is 2. The molecular weight excluding hydrogens is 346 g/mol. The zero-order chi connectivity index (χ0) is 18.0. The number of nitrogens with zero attached hydrogens (tertiary/aromatic N) is 2. The van der Waals surface area contributed by atoms with Crippen LogP contribution in [0, 0.1) is 10.1 Å². The lowest BCUT2D eigenvalue weighted by atomic mass is 10.1. The van der Waals surface area contributed by atoms with Crippen LogP contribution in [0.15, 0.2) is 42.6 Å². The lowest BCUT2D eigenvalue weighted by Crippen LogP contribution is -1.96. The topological polar surface area (TPSA) is 86.5 Å². The van der Waals surface area contributed by atoms with E-state index in [2.05, 4.69) is 10.3 Å². The summed E-state index contributed by atoms with van der Waals surface area (Å²) in [4.78, 5) is 14.7. The van der Waals surface area contributed by atoms with Crippen LogP contribution in [0.25, 0.3) is 10.9 Å². The largest absolute Gasteiger partial charge is 0.493 e. The number of rotatable bonds is 5. The number of anilines is 2. The minimum atomic E-state index is -0.491. The van der Waals surface area contributed by atoms with E-state index in [0.29, 0.717) is 22.7 Å². The first-order valence-electron chi connectivity index (χ1n) is 7.25. The second-order valence-corrected chi connectivity index (χ2v) is 5.54. The van der Waals surface area contributed by atoms with Crippen molar-refractivity contribution in [3.05, 3.63) is 57.7 Å². The third kappa shape index (κ3) is 3.27. The molecule has 0 atom stereocenters. The van der Waals surface area contributed by atoms with Crippen molar-refractivity contribution in [1.29, 1.82) is 0 Å².